The molecule has 1 nitrogen and oxygen atoms in total. The Morgan fingerprint density at radius 3 is 2.89 bits per heavy atom. The molecular formula is C17H21N. The van der Waals surface area contributed by atoms with E-state index >= 15 is 0 Å². The Bertz CT molecular complexity index is 497. The van der Waals surface area contributed by atoms with Gasteiger partial charge in [0.2, 0.25) is 0 Å². The zero-order valence-corrected chi connectivity index (χ0v) is 11.3. The van der Waals surface area contributed by atoms with Crippen LogP contribution in [0, 0.1) is 29.1 Å². The van der Waals surface area contributed by atoms with Crippen molar-refractivity contribution in [1.82, 2.24) is 0 Å². The van der Waals surface area contributed by atoms with Crippen molar-refractivity contribution in [3.05, 3.63) is 35.4 Å². The van der Waals surface area contributed by atoms with E-state index in [0.29, 0.717) is 5.41 Å². The summed E-state index contributed by atoms with van der Waals surface area (Å²) in [5, 5.41) is 9.02. The number of nitrogens with zero attached hydrogens (tertiary/aromatic N) is 1. The van der Waals surface area contributed by atoms with Crippen molar-refractivity contribution in [3.8, 4) is 6.07 Å². The van der Waals surface area contributed by atoms with Crippen molar-refractivity contribution < 1.29 is 0 Å². The lowest BCUT2D eigenvalue weighted by molar-refractivity contribution is 0.252. The molecule has 1 heteroatoms. The highest BCUT2D eigenvalue weighted by molar-refractivity contribution is 5.41. The van der Waals surface area contributed by atoms with Crippen molar-refractivity contribution in [1.29, 1.82) is 5.26 Å². The standard InChI is InChI=1S/C17H21N/c1-12(2)14-6-7-17(10-16(17)9-14)15-5-3-4-13(8-15)11-18/h3-5,8,12,14,16H,6-7,9-10H2,1-2H3. The SMILES string of the molecule is CC(C)C1CCC2(c3cccc(C#N)c3)CC2C1. The van der Waals surface area contributed by atoms with Crippen LogP contribution in [0.5, 0.6) is 0 Å². The molecule has 2 saturated carbocycles. The largest absolute Gasteiger partial charge is 0.192 e. The van der Waals surface area contributed by atoms with Gasteiger partial charge >= 0.3 is 0 Å². The van der Waals surface area contributed by atoms with E-state index in [0.717, 1.165) is 23.3 Å². The molecule has 1 aromatic rings. The van der Waals surface area contributed by atoms with E-state index < -0.39 is 0 Å². The first-order valence-corrected chi connectivity index (χ1v) is 7.16. The minimum atomic E-state index is 0.443. The van der Waals surface area contributed by atoms with Gasteiger partial charge in [0.15, 0.2) is 0 Å². The van der Waals surface area contributed by atoms with Gasteiger partial charge in [0, 0.05) is 0 Å². The molecule has 0 aromatic heterocycles. The van der Waals surface area contributed by atoms with Crippen LogP contribution in [0.25, 0.3) is 0 Å². The van der Waals surface area contributed by atoms with Gasteiger partial charge in [-0.15, -0.1) is 0 Å². The van der Waals surface area contributed by atoms with Crippen LogP contribution in [-0.2, 0) is 5.41 Å². The minimum absolute atomic E-state index is 0.443. The Labute approximate surface area is 110 Å². The zero-order valence-electron chi connectivity index (χ0n) is 11.3. The first kappa shape index (κ1) is 11.8. The van der Waals surface area contributed by atoms with E-state index in [-0.39, 0.29) is 0 Å². The first-order valence-electron chi connectivity index (χ1n) is 7.16. The molecule has 0 aliphatic heterocycles. The fraction of sp³-hybridized carbons (Fsp3) is 0.588. The normalized spacial score (nSPS) is 33.9. The summed E-state index contributed by atoms with van der Waals surface area (Å²) in [5.41, 5.74) is 2.69. The summed E-state index contributed by atoms with van der Waals surface area (Å²) >= 11 is 0. The van der Waals surface area contributed by atoms with Crippen LogP contribution in [0.15, 0.2) is 24.3 Å². The lowest BCUT2D eigenvalue weighted by Crippen LogP contribution is -2.22. The molecule has 18 heavy (non-hydrogen) atoms. The van der Waals surface area contributed by atoms with E-state index in [4.69, 9.17) is 5.26 Å². The van der Waals surface area contributed by atoms with Crippen LogP contribution >= 0.6 is 0 Å². The van der Waals surface area contributed by atoms with Crippen LogP contribution in [0.1, 0.15) is 50.7 Å². The second kappa shape index (κ2) is 4.12. The number of nitriles is 1. The summed E-state index contributed by atoms with van der Waals surface area (Å²) in [6, 6.07) is 10.6. The lowest BCUT2D eigenvalue weighted by atomic mass is 9.74. The first-order chi connectivity index (χ1) is 8.65. The van der Waals surface area contributed by atoms with Crippen LogP contribution in [-0.4, -0.2) is 0 Å². The van der Waals surface area contributed by atoms with Crippen LogP contribution in [0.4, 0.5) is 0 Å². The van der Waals surface area contributed by atoms with Crippen molar-refractivity contribution in [3.63, 3.8) is 0 Å². The molecule has 0 N–H and O–H groups in total. The Kier molecular flexibility index (Phi) is 2.70. The molecule has 0 radical (unpaired) electrons. The molecule has 94 valence electrons. The summed E-state index contributed by atoms with van der Waals surface area (Å²) < 4.78 is 0. The van der Waals surface area contributed by atoms with Gasteiger partial charge in [-0.25, -0.2) is 0 Å². The van der Waals surface area contributed by atoms with Gasteiger partial charge in [-0.3, -0.25) is 0 Å². The Morgan fingerprint density at radius 2 is 2.22 bits per heavy atom. The van der Waals surface area contributed by atoms with Gasteiger partial charge in [-0.05, 0) is 66.5 Å². The van der Waals surface area contributed by atoms with Gasteiger partial charge in [-0.1, -0.05) is 26.0 Å². The highest BCUT2D eigenvalue weighted by Crippen LogP contribution is 2.64. The van der Waals surface area contributed by atoms with E-state index in [2.05, 4.69) is 32.0 Å². The fourth-order valence-electron chi connectivity index (χ4n) is 3.92. The number of fused-ring (bicyclic) bond motifs is 1. The summed E-state index contributed by atoms with van der Waals surface area (Å²) in [6.45, 7) is 4.71. The van der Waals surface area contributed by atoms with Gasteiger partial charge in [0.25, 0.3) is 0 Å². The molecule has 3 unspecified atom stereocenters. The average molecular weight is 239 g/mol. The van der Waals surface area contributed by atoms with Crippen molar-refractivity contribution >= 4 is 0 Å². The molecular weight excluding hydrogens is 218 g/mol. The topological polar surface area (TPSA) is 23.8 Å². The highest BCUT2D eigenvalue weighted by Gasteiger charge is 2.57. The Balaban J connectivity index is 1.81. The molecule has 0 heterocycles. The van der Waals surface area contributed by atoms with E-state index in [1.807, 2.05) is 12.1 Å². The van der Waals surface area contributed by atoms with Gasteiger partial charge in [0.1, 0.15) is 0 Å². The third-order valence-corrected chi connectivity index (χ3v) is 5.29. The van der Waals surface area contributed by atoms with E-state index in [1.54, 1.807) is 0 Å². The number of hydrogen-bond acceptors (Lipinski definition) is 1. The van der Waals surface area contributed by atoms with Crippen molar-refractivity contribution in [2.45, 2.75) is 44.9 Å². The molecule has 2 aliphatic carbocycles. The molecule has 0 spiro atoms. The summed E-state index contributed by atoms with van der Waals surface area (Å²) in [6.07, 6.45) is 5.44. The van der Waals surface area contributed by atoms with Gasteiger partial charge in [0.05, 0.1) is 11.6 Å². The smallest absolute Gasteiger partial charge is 0.0991 e. The van der Waals surface area contributed by atoms with Gasteiger partial charge in [-0.2, -0.15) is 5.26 Å². The molecule has 0 amide bonds. The second-order valence-corrected chi connectivity index (χ2v) is 6.53. The maximum atomic E-state index is 9.02. The van der Waals surface area contributed by atoms with Crippen molar-refractivity contribution in [2.75, 3.05) is 0 Å². The molecule has 1 aromatic carbocycles. The van der Waals surface area contributed by atoms with Crippen LogP contribution in [0.3, 0.4) is 0 Å². The number of rotatable bonds is 2. The monoisotopic (exact) mass is 239 g/mol. The molecule has 0 bridgehead atoms. The van der Waals surface area contributed by atoms with E-state index in [9.17, 15) is 0 Å². The highest BCUT2D eigenvalue weighted by atomic mass is 14.6. The molecule has 3 rings (SSSR count). The molecule has 2 fully saturated rings. The summed E-state index contributed by atoms with van der Waals surface area (Å²) in [4.78, 5) is 0. The summed E-state index contributed by atoms with van der Waals surface area (Å²) in [5.74, 6) is 2.63. The average Bonchev–Trinajstić information content (AvgIpc) is 3.13. The maximum Gasteiger partial charge on any atom is 0.0991 e. The Hall–Kier alpha value is -1.29. The molecule has 0 saturated heterocycles. The minimum Gasteiger partial charge on any atom is -0.192 e. The Morgan fingerprint density at radius 1 is 1.39 bits per heavy atom. The van der Waals surface area contributed by atoms with Crippen LogP contribution in [0.2, 0.25) is 0 Å². The molecule has 3 atom stereocenters. The fourth-order valence-corrected chi connectivity index (χ4v) is 3.92. The zero-order chi connectivity index (χ0) is 12.8. The predicted molar refractivity (Wildman–Crippen MR) is 73.1 cm³/mol. The maximum absolute atomic E-state index is 9.02. The molecule has 2 aliphatic rings. The lowest BCUT2D eigenvalue weighted by Gasteiger charge is -2.31. The second-order valence-electron chi connectivity index (χ2n) is 6.53. The number of hydrogen-bond donors (Lipinski definition) is 0. The third kappa shape index (κ3) is 1.75. The quantitative estimate of drug-likeness (QED) is 0.756. The van der Waals surface area contributed by atoms with Crippen LogP contribution < -0.4 is 0 Å². The van der Waals surface area contributed by atoms with Crippen molar-refractivity contribution in [2.24, 2.45) is 17.8 Å². The van der Waals surface area contributed by atoms with E-state index in [1.165, 1.54) is 31.2 Å². The predicted octanol–water partition coefficient (Wildman–Crippen LogP) is 4.27. The van der Waals surface area contributed by atoms with Gasteiger partial charge < -0.3 is 0 Å². The third-order valence-electron chi connectivity index (χ3n) is 5.29. The summed E-state index contributed by atoms with van der Waals surface area (Å²) in [7, 11) is 0. The number of benzene rings is 1.